The average molecular weight is 913 g/mol. The molecule has 16 heteroatoms. The molecule has 3 amide bonds. The van der Waals surface area contributed by atoms with Crippen LogP contribution in [0.25, 0.3) is 0 Å². The van der Waals surface area contributed by atoms with E-state index in [0.717, 1.165) is 36.6 Å². The average Bonchev–Trinajstić information content (AvgIpc) is 3.84. The smallest absolute Gasteiger partial charge is 0.407 e. The molecular weight excluding hydrogens is 841 g/mol. The molecule has 0 saturated heterocycles. The lowest BCUT2D eigenvalue weighted by molar-refractivity contribution is -0.161. The molecule has 2 aromatic rings. The predicted octanol–water partition coefficient (Wildman–Crippen LogP) is 6.62. The predicted molar refractivity (Wildman–Crippen MR) is 244 cm³/mol. The van der Waals surface area contributed by atoms with E-state index in [0.29, 0.717) is 50.0 Å². The first-order valence-corrected chi connectivity index (χ1v) is 24.5. The number of hydrogen-bond acceptors (Lipinski definition) is 11. The fourth-order valence-corrected chi connectivity index (χ4v) is 8.83. The van der Waals surface area contributed by atoms with E-state index in [4.69, 9.17) is 18.9 Å². The number of benzene rings is 2. The molecule has 3 atom stereocenters. The van der Waals surface area contributed by atoms with E-state index in [1.54, 1.807) is 47.6 Å². The van der Waals surface area contributed by atoms with Crippen molar-refractivity contribution in [2.75, 3.05) is 19.3 Å². The summed E-state index contributed by atoms with van der Waals surface area (Å²) in [5.41, 5.74) is 0.0608. The molecule has 356 valence electrons. The SMILES string of the molecule is CC(C)(C)OC(=O)NCCCC[C@H](NS(C)(=O)=O)C(=O)NC[C@H](CC1(C(=O)N[C@@H](Cc2ccc(OC(C)(C)C)cc2)C(=O)Oc2ccc3c(c2)CCC3)CCCC1)C(=O)OC(C)(C)C. The summed E-state index contributed by atoms with van der Waals surface area (Å²) in [5, 5.41) is 8.45. The molecule has 15 nitrogen and oxygen atoms in total. The summed E-state index contributed by atoms with van der Waals surface area (Å²) in [6, 6.07) is 10.7. The Morgan fingerprint density at radius 2 is 1.34 bits per heavy atom. The van der Waals surface area contributed by atoms with Crippen LogP contribution in [0.1, 0.15) is 137 Å². The van der Waals surface area contributed by atoms with Gasteiger partial charge in [-0.1, -0.05) is 31.0 Å². The molecule has 2 aromatic carbocycles. The van der Waals surface area contributed by atoms with Gasteiger partial charge in [-0.05, 0) is 161 Å². The van der Waals surface area contributed by atoms with Crippen molar-refractivity contribution in [3.8, 4) is 11.5 Å². The minimum atomic E-state index is -3.83. The zero-order valence-electron chi connectivity index (χ0n) is 39.6. The zero-order chi connectivity index (χ0) is 47.5. The van der Waals surface area contributed by atoms with E-state index in [2.05, 4.69) is 20.7 Å². The third-order valence-electron chi connectivity index (χ3n) is 10.9. The Hall–Kier alpha value is -4.70. The quantitative estimate of drug-likeness (QED) is 0.0631. The molecule has 2 aliphatic rings. The van der Waals surface area contributed by atoms with E-state index in [1.807, 2.05) is 57.2 Å². The third kappa shape index (κ3) is 17.7. The molecule has 0 unspecified atom stereocenters. The van der Waals surface area contributed by atoms with Gasteiger partial charge in [0.2, 0.25) is 21.8 Å². The standard InChI is InChI=1S/C48H72N4O11S/c1-45(2,3)61-36-22-19-32(20-23-36)28-39(42(55)60-37-24-21-33-16-15-17-34(33)29-37)51-43(56)48(25-12-13-26-48)30-35(41(54)62-46(4,5)6)31-50-40(53)38(52-64(10,58)59)18-11-14-27-49-44(57)63-47(7,8)9/h19-24,29,35,38-39,52H,11-18,25-28,30-31H2,1-10H3,(H,49,57)(H,50,53)(H,51,56)/t35-,38-,39-/m0/s1. The first-order valence-electron chi connectivity index (χ1n) is 22.6. The van der Waals surface area contributed by atoms with Crippen LogP contribution in [0.2, 0.25) is 0 Å². The molecule has 0 aromatic heterocycles. The number of esters is 2. The Bertz CT molecular complexity index is 2040. The van der Waals surface area contributed by atoms with Gasteiger partial charge in [0.25, 0.3) is 0 Å². The van der Waals surface area contributed by atoms with Crippen molar-refractivity contribution < 1.29 is 51.3 Å². The van der Waals surface area contributed by atoms with Crippen LogP contribution in [0.5, 0.6) is 11.5 Å². The number of amides is 3. The molecular formula is C48H72N4O11S. The van der Waals surface area contributed by atoms with Crippen molar-refractivity contribution in [3.63, 3.8) is 0 Å². The highest BCUT2D eigenvalue weighted by Crippen LogP contribution is 2.44. The Morgan fingerprint density at radius 3 is 1.95 bits per heavy atom. The summed E-state index contributed by atoms with van der Waals surface area (Å²) in [7, 11) is -3.83. The second-order valence-electron chi connectivity index (χ2n) is 20.3. The van der Waals surface area contributed by atoms with Crippen LogP contribution in [0.4, 0.5) is 4.79 Å². The summed E-state index contributed by atoms with van der Waals surface area (Å²) >= 11 is 0. The van der Waals surface area contributed by atoms with Crippen molar-refractivity contribution in [2.45, 2.75) is 168 Å². The summed E-state index contributed by atoms with van der Waals surface area (Å²) in [6.07, 6.45) is 6.56. The van der Waals surface area contributed by atoms with E-state index in [-0.39, 0.29) is 32.4 Å². The zero-order valence-corrected chi connectivity index (χ0v) is 40.4. The molecule has 1 saturated carbocycles. The molecule has 0 heterocycles. The number of nitrogens with one attached hydrogen (secondary N) is 4. The summed E-state index contributed by atoms with van der Waals surface area (Å²) in [5.74, 6) is -2.27. The van der Waals surface area contributed by atoms with E-state index < -0.39 is 80.1 Å². The normalized spacial score (nSPS) is 16.4. The van der Waals surface area contributed by atoms with Gasteiger partial charge in [-0.15, -0.1) is 0 Å². The molecule has 2 aliphatic carbocycles. The van der Waals surface area contributed by atoms with Crippen LogP contribution in [-0.4, -0.2) is 86.5 Å². The van der Waals surface area contributed by atoms with Crippen LogP contribution >= 0.6 is 0 Å². The Morgan fingerprint density at radius 1 is 0.719 bits per heavy atom. The van der Waals surface area contributed by atoms with E-state index in [1.165, 1.54) is 5.56 Å². The Kier molecular flexibility index (Phi) is 17.8. The fourth-order valence-electron chi connectivity index (χ4n) is 8.08. The van der Waals surface area contributed by atoms with Crippen LogP contribution in [0.3, 0.4) is 0 Å². The van der Waals surface area contributed by atoms with Gasteiger partial charge in [-0.2, -0.15) is 0 Å². The van der Waals surface area contributed by atoms with Gasteiger partial charge in [0.05, 0.1) is 17.6 Å². The first-order chi connectivity index (χ1) is 29.7. The number of unbranched alkanes of at least 4 members (excludes halogenated alkanes) is 1. The fraction of sp³-hybridized carbons (Fsp3) is 0.646. The highest BCUT2D eigenvalue weighted by Gasteiger charge is 2.46. The maximum Gasteiger partial charge on any atom is 0.407 e. The minimum Gasteiger partial charge on any atom is -0.488 e. The number of alkyl carbamates (subject to hydrolysis) is 1. The lowest BCUT2D eigenvalue weighted by Gasteiger charge is -2.34. The van der Waals surface area contributed by atoms with Crippen molar-refractivity contribution in [3.05, 3.63) is 59.2 Å². The van der Waals surface area contributed by atoms with E-state index in [9.17, 15) is 32.4 Å². The number of hydrogen-bond donors (Lipinski definition) is 4. The van der Waals surface area contributed by atoms with Crippen LogP contribution < -0.4 is 30.1 Å². The van der Waals surface area contributed by atoms with Crippen molar-refractivity contribution in [1.82, 2.24) is 20.7 Å². The topological polar surface area (TPSA) is 205 Å². The number of carbonyl (C=O) groups excluding carboxylic acids is 5. The second kappa shape index (κ2) is 22.0. The molecule has 0 bridgehead atoms. The summed E-state index contributed by atoms with van der Waals surface area (Å²) < 4.78 is 50.1. The molecule has 1 fully saturated rings. The van der Waals surface area contributed by atoms with Crippen molar-refractivity contribution in [1.29, 1.82) is 0 Å². The van der Waals surface area contributed by atoms with Crippen LogP contribution in [0, 0.1) is 11.3 Å². The Balaban J connectivity index is 1.54. The highest BCUT2D eigenvalue weighted by molar-refractivity contribution is 7.88. The summed E-state index contributed by atoms with van der Waals surface area (Å²) in [6.45, 7) is 16.3. The maximum absolute atomic E-state index is 14.7. The first kappa shape index (κ1) is 51.9. The van der Waals surface area contributed by atoms with Crippen molar-refractivity contribution in [2.24, 2.45) is 11.3 Å². The van der Waals surface area contributed by atoms with Gasteiger partial charge >= 0.3 is 18.0 Å². The van der Waals surface area contributed by atoms with Gasteiger partial charge in [0.1, 0.15) is 40.4 Å². The molecule has 0 spiro atoms. The minimum absolute atomic E-state index is 0.0000378. The molecule has 0 aliphatic heterocycles. The maximum atomic E-state index is 14.7. The number of ether oxygens (including phenoxy) is 4. The second-order valence-corrected chi connectivity index (χ2v) is 22.1. The Labute approximate surface area is 380 Å². The largest absolute Gasteiger partial charge is 0.488 e. The number of rotatable bonds is 20. The third-order valence-corrected chi connectivity index (χ3v) is 11.6. The lowest BCUT2D eigenvalue weighted by Crippen LogP contribution is -2.52. The number of fused-ring (bicyclic) bond motifs is 1. The number of carbonyl (C=O) groups is 5. The molecule has 0 radical (unpaired) electrons. The number of sulfonamides is 1. The summed E-state index contributed by atoms with van der Waals surface area (Å²) in [4.78, 5) is 68.5. The number of aryl methyl sites for hydroxylation is 2. The van der Waals surface area contributed by atoms with Gasteiger partial charge in [0.15, 0.2) is 0 Å². The van der Waals surface area contributed by atoms with Gasteiger partial charge in [-0.3, -0.25) is 14.4 Å². The highest BCUT2D eigenvalue weighted by atomic mass is 32.2. The monoisotopic (exact) mass is 912 g/mol. The molecule has 4 rings (SSSR count). The van der Waals surface area contributed by atoms with Crippen LogP contribution in [-0.2, 0) is 57.9 Å². The molecule has 64 heavy (non-hydrogen) atoms. The van der Waals surface area contributed by atoms with Crippen molar-refractivity contribution >= 4 is 39.9 Å². The van der Waals surface area contributed by atoms with E-state index >= 15 is 0 Å². The van der Waals surface area contributed by atoms with Gasteiger partial charge < -0.3 is 34.9 Å². The van der Waals surface area contributed by atoms with Crippen LogP contribution in [0.15, 0.2) is 42.5 Å². The van der Waals surface area contributed by atoms with Gasteiger partial charge in [-0.25, -0.2) is 22.7 Å². The lowest BCUT2D eigenvalue weighted by atomic mass is 9.76. The molecule has 4 N–H and O–H groups in total. The van der Waals surface area contributed by atoms with Gasteiger partial charge in [0, 0.05) is 19.5 Å².